The van der Waals surface area contributed by atoms with Crippen LogP contribution < -0.4 is 0 Å². The maximum Gasteiger partial charge on any atom is 0.276 e. The zero-order valence-corrected chi connectivity index (χ0v) is 19.5. The van der Waals surface area contributed by atoms with Gasteiger partial charge in [-0.15, -0.1) is 5.10 Å². The highest BCUT2D eigenvalue weighted by molar-refractivity contribution is 6.30. The molecule has 0 radical (unpaired) electrons. The summed E-state index contributed by atoms with van der Waals surface area (Å²) in [6.45, 7) is 2.77. The predicted octanol–water partition coefficient (Wildman–Crippen LogP) is 3.12. The van der Waals surface area contributed by atoms with Crippen LogP contribution >= 0.6 is 11.6 Å². The lowest BCUT2D eigenvalue weighted by Gasteiger charge is -2.34. The van der Waals surface area contributed by atoms with Gasteiger partial charge in [-0.2, -0.15) is 0 Å². The van der Waals surface area contributed by atoms with E-state index in [0.717, 1.165) is 17.5 Å². The van der Waals surface area contributed by atoms with Crippen molar-refractivity contribution in [3.63, 3.8) is 0 Å². The van der Waals surface area contributed by atoms with Gasteiger partial charge < -0.3 is 14.5 Å². The minimum atomic E-state index is -0.167. The normalized spacial score (nSPS) is 18.0. The topological polar surface area (TPSA) is 80.6 Å². The van der Waals surface area contributed by atoms with Crippen molar-refractivity contribution in [3.8, 4) is 0 Å². The van der Waals surface area contributed by atoms with Crippen LogP contribution in [0, 0.1) is 0 Å². The SMILES string of the molecule is O=C(CCc1ccccc1)N1CCN(C(=O)c2nnn3c2CO[C@H](c2ccc(Cl)cc2)C3)CC1. The summed E-state index contributed by atoms with van der Waals surface area (Å²) in [5.41, 5.74) is 3.18. The Bertz CT molecular complexity index is 1160. The number of hydrogen-bond donors (Lipinski definition) is 0. The first-order valence-electron chi connectivity index (χ1n) is 11.5. The standard InChI is InChI=1S/C25H26ClN5O3/c26-20-9-7-19(8-10-20)22-16-31-21(17-34-22)24(27-28-31)25(33)30-14-12-29(13-15-30)23(32)11-6-18-4-2-1-3-5-18/h1-5,7-10,22H,6,11-17H2/t22-/m0/s1. The molecule has 8 nitrogen and oxygen atoms in total. The van der Waals surface area contributed by atoms with Gasteiger partial charge in [-0.1, -0.05) is 59.3 Å². The average Bonchev–Trinajstić information content (AvgIpc) is 3.31. The summed E-state index contributed by atoms with van der Waals surface area (Å²) in [5, 5.41) is 9.06. The van der Waals surface area contributed by atoms with Crippen molar-refractivity contribution in [2.75, 3.05) is 26.2 Å². The Morgan fingerprint density at radius 3 is 2.41 bits per heavy atom. The highest BCUT2D eigenvalue weighted by Gasteiger charge is 2.32. The molecule has 3 aromatic rings. The second-order valence-electron chi connectivity index (χ2n) is 8.58. The smallest absolute Gasteiger partial charge is 0.276 e. The molecule has 0 saturated carbocycles. The van der Waals surface area contributed by atoms with Gasteiger partial charge in [0.1, 0.15) is 6.10 Å². The number of amides is 2. The van der Waals surface area contributed by atoms with Gasteiger partial charge in [0.15, 0.2) is 5.69 Å². The zero-order chi connectivity index (χ0) is 23.5. The van der Waals surface area contributed by atoms with Gasteiger partial charge in [0.25, 0.3) is 5.91 Å². The Morgan fingerprint density at radius 1 is 0.971 bits per heavy atom. The molecule has 0 spiro atoms. The Hall–Kier alpha value is -3.23. The molecule has 5 rings (SSSR count). The summed E-state index contributed by atoms with van der Waals surface area (Å²) in [6.07, 6.45) is 1.03. The van der Waals surface area contributed by atoms with E-state index < -0.39 is 0 Å². The molecule has 2 aliphatic heterocycles. The number of benzene rings is 2. The summed E-state index contributed by atoms with van der Waals surface area (Å²) in [6, 6.07) is 17.5. The summed E-state index contributed by atoms with van der Waals surface area (Å²) in [5.74, 6) is -0.0372. The predicted molar refractivity (Wildman–Crippen MR) is 126 cm³/mol. The molecule has 1 saturated heterocycles. The van der Waals surface area contributed by atoms with Crippen LogP contribution in [0.1, 0.15) is 39.8 Å². The molecule has 2 amide bonds. The number of hydrogen-bond acceptors (Lipinski definition) is 5. The first kappa shape index (κ1) is 22.6. The summed E-state index contributed by atoms with van der Waals surface area (Å²) >= 11 is 5.98. The average molecular weight is 480 g/mol. The number of halogens is 1. The largest absolute Gasteiger partial charge is 0.365 e. The van der Waals surface area contributed by atoms with E-state index in [0.29, 0.717) is 55.6 Å². The maximum atomic E-state index is 13.1. The number of aromatic nitrogens is 3. The van der Waals surface area contributed by atoms with Crippen LogP contribution in [0.4, 0.5) is 0 Å². The molecule has 176 valence electrons. The van der Waals surface area contributed by atoms with E-state index in [4.69, 9.17) is 16.3 Å². The third-order valence-electron chi connectivity index (χ3n) is 6.43. The fourth-order valence-electron chi connectivity index (χ4n) is 4.42. The number of carbonyl (C=O) groups excluding carboxylic acids is 2. The molecule has 9 heteroatoms. The first-order valence-corrected chi connectivity index (χ1v) is 11.9. The van der Waals surface area contributed by atoms with Gasteiger partial charge in [0, 0.05) is 37.6 Å². The second-order valence-corrected chi connectivity index (χ2v) is 9.01. The fraction of sp³-hybridized carbons (Fsp3) is 0.360. The Morgan fingerprint density at radius 2 is 1.68 bits per heavy atom. The Kier molecular flexibility index (Phi) is 6.60. The van der Waals surface area contributed by atoms with Crippen LogP contribution in [0.15, 0.2) is 54.6 Å². The quantitative estimate of drug-likeness (QED) is 0.561. The lowest BCUT2D eigenvalue weighted by atomic mass is 10.1. The first-order chi connectivity index (χ1) is 16.6. The molecule has 0 unspecified atom stereocenters. The lowest BCUT2D eigenvalue weighted by molar-refractivity contribution is -0.132. The minimum Gasteiger partial charge on any atom is -0.365 e. The number of rotatable bonds is 5. The molecule has 34 heavy (non-hydrogen) atoms. The Labute approximate surface area is 203 Å². The van der Waals surface area contributed by atoms with Gasteiger partial charge in [-0.05, 0) is 29.7 Å². The van der Waals surface area contributed by atoms with Gasteiger partial charge in [-0.25, -0.2) is 4.68 Å². The summed E-state index contributed by atoms with van der Waals surface area (Å²) < 4.78 is 7.76. The highest BCUT2D eigenvalue weighted by atomic mass is 35.5. The highest BCUT2D eigenvalue weighted by Crippen LogP contribution is 2.28. The van der Waals surface area contributed by atoms with Crippen molar-refractivity contribution in [1.29, 1.82) is 0 Å². The third kappa shape index (κ3) is 4.83. The van der Waals surface area contributed by atoms with Gasteiger partial charge in [-0.3, -0.25) is 9.59 Å². The van der Waals surface area contributed by atoms with E-state index in [1.807, 2.05) is 59.5 Å². The van der Waals surface area contributed by atoms with Crippen molar-refractivity contribution in [2.45, 2.75) is 32.1 Å². The third-order valence-corrected chi connectivity index (χ3v) is 6.68. The van der Waals surface area contributed by atoms with E-state index in [9.17, 15) is 9.59 Å². The molecule has 0 aliphatic carbocycles. The van der Waals surface area contributed by atoms with Crippen molar-refractivity contribution >= 4 is 23.4 Å². The van der Waals surface area contributed by atoms with Crippen molar-refractivity contribution in [2.24, 2.45) is 0 Å². The zero-order valence-electron chi connectivity index (χ0n) is 18.8. The number of fused-ring (bicyclic) bond motifs is 1. The molecular formula is C25H26ClN5O3. The second kappa shape index (κ2) is 9.95. The monoisotopic (exact) mass is 479 g/mol. The summed E-state index contributed by atoms with van der Waals surface area (Å²) in [4.78, 5) is 29.3. The van der Waals surface area contributed by atoms with Crippen LogP contribution in [-0.2, 0) is 29.1 Å². The number of nitrogens with zero attached hydrogens (tertiary/aromatic N) is 5. The fourth-order valence-corrected chi connectivity index (χ4v) is 4.55. The Balaban J connectivity index is 1.16. The van der Waals surface area contributed by atoms with Crippen molar-refractivity contribution in [1.82, 2.24) is 24.8 Å². The molecule has 2 aliphatic rings. The van der Waals surface area contributed by atoms with E-state index in [2.05, 4.69) is 10.3 Å². The molecule has 1 aromatic heterocycles. The number of aryl methyl sites for hydroxylation is 1. The van der Waals surface area contributed by atoms with E-state index in [1.54, 1.807) is 9.58 Å². The maximum absolute atomic E-state index is 13.1. The van der Waals surface area contributed by atoms with Crippen molar-refractivity contribution in [3.05, 3.63) is 82.1 Å². The minimum absolute atomic E-state index is 0.124. The number of carbonyl (C=O) groups is 2. The lowest BCUT2D eigenvalue weighted by Crippen LogP contribution is -2.50. The van der Waals surface area contributed by atoms with Crippen LogP contribution in [0.25, 0.3) is 0 Å². The molecule has 0 bridgehead atoms. The van der Waals surface area contributed by atoms with Gasteiger partial charge >= 0.3 is 0 Å². The van der Waals surface area contributed by atoms with Crippen LogP contribution in [0.2, 0.25) is 5.02 Å². The summed E-state index contributed by atoms with van der Waals surface area (Å²) in [7, 11) is 0. The molecule has 0 N–H and O–H groups in total. The van der Waals surface area contributed by atoms with Gasteiger partial charge in [0.2, 0.25) is 5.91 Å². The number of ether oxygens (including phenoxy) is 1. The molecular weight excluding hydrogens is 454 g/mol. The molecule has 3 heterocycles. The van der Waals surface area contributed by atoms with Crippen molar-refractivity contribution < 1.29 is 14.3 Å². The van der Waals surface area contributed by atoms with E-state index in [-0.39, 0.29) is 24.5 Å². The van der Waals surface area contributed by atoms with Crippen LogP contribution in [0.3, 0.4) is 0 Å². The van der Waals surface area contributed by atoms with Crippen LogP contribution in [-0.4, -0.2) is 62.8 Å². The van der Waals surface area contributed by atoms with E-state index >= 15 is 0 Å². The van der Waals surface area contributed by atoms with Crippen LogP contribution in [0.5, 0.6) is 0 Å². The number of piperazine rings is 1. The van der Waals surface area contributed by atoms with Gasteiger partial charge in [0.05, 0.1) is 18.8 Å². The molecule has 2 aromatic carbocycles. The molecule has 1 fully saturated rings. The van der Waals surface area contributed by atoms with E-state index in [1.165, 1.54) is 0 Å². The molecule has 1 atom stereocenters.